The van der Waals surface area contributed by atoms with Crippen molar-refractivity contribution < 1.29 is 23.9 Å². The number of ketones is 1. The summed E-state index contributed by atoms with van der Waals surface area (Å²) in [5, 5.41) is 11.3. The first-order chi connectivity index (χ1) is 16.2. The van der Waals surface area contributed by atoms with Gasteiger partial charge in [-0.1, -0.05) is 24.3 Å². The summed E-state index contributed by atoms with van der Waals surface area (Å²) in [5.41, 5.74) is -1.01. The molecule has 2 amide bonds. The van der Waals surface area contributed by atoms with Gasteiger partial charge in [0.15, 0.2) is 5.54 Å². The number of fused-ring (bicyclic) bond motifs is 2. The van der Waals surface area contributed by atoms with E-state index in [0.29, 0.717) is 24.2 Å². The minimum atomic E-state index is -1.82. The summed E-state index contributed by atoms with van der Waals surface area (Å²) in [6, 6.07) is 11.8. The van der Waals surface area contributed by atoms with Crippen molar-refractivity contribution in [3.8, 4) is 0 Å². The van der Waals surface area contributed by atoms with E-state index in [1.807, 2.05) is 19.0 Å². The number of aliphatic hydroxyl groups excluding tert-OH is 1. The van der Waals surface area contributed by atoms with Gasteiger partial charge in [-0.05, 0) is 57.4 Å². The Bertz CT molecular complexity index is 1200. The molecule has 2 aliphatic rings. The molecule has 2 heterocycles. The van der Waals surface area contributed by atoms with Crippen LogP contribution in [0, 0.1) is 5.82 Å². The molecule has 0 bridgehead atoms. The number of carbonyl (C=O) groups is 3. The zero-order chi connectivity index (χ0) is 24.6. The number of para-hydroxylation sites is 1. The van der Waals surface area contributed by atoms with E-state index in [0.717, 1.165) is 12.1 Å². The standard InChI is InChI=1S/C26H26FN3O4/c1-4-14-29-20-9-6-5-8-19(20)26(25(29)34)21(22(31)17-10-12-18(27)13-11-17)23(32)24(33)30(26)16-7-15-28(2)3/h4-6,8-13,31H,1,7,14-16H2,2-3H3/b22-21-. The fourth-order valence-electron chi connectivity index (χ4n) is 4.77. The van der Waals surface area contributed by atoms with E-state index >= 15 is 0 Å². The van der Waals surface area contributed by atoms with Crippen molar-refractivity contribution in [1.82, 2.24) is 9.80 Å². The third-order valence-electron chi connectivity index (χ3n) is 6.23. The van der Waals surface area contributed by atoms with E-state index in [1.165, 1.54) is 21.9 Å². The summed E-state index contributed by atoms with van der Waals surface area (Å²) in [6.07, 6.45) is 2.07. The summed E-state index contributed by atoms with van der Waals surface area (Å²) in [4.78, 5) is 45.5. The topological polar surface area (TPSA) is 81.2 Å². The monoisotopic (exact) mass is 463 g/mol. The number of amides is 2. The minimum Gasteiger partial charge on any atom is -0.507 e. The number of Topliss-reactive ketones (excluding diaryl/α,β-unsaturated/α-hetero) is 1. The number of nitrogens with zero attached hydrogens (tertiary/aromatic N) is 3. The average molecular weight is 464 g/mol. The van der Waals surface area contributed by atoms with Crippen LogP contribution in [-0.4, -0.2) is 66.2 Å². The third-order valence-corrected chi connectivity index (χ3v) is 6.23. The molecule has 0 radical (unpaired) electrons. The summed E-state index contributed by atoms with van der Waals surface area (Å²) in [5.74, 6) is -3.35. The summed E-state index contributed by atoms with van der Waals surface area (Å²) in [6.45, 7) is 4.65. The molecular formula is C26H26FN3O4. The van der Waals surface area contributed by atoms with Crippen LogP contribution in [0.15, 0.2) is 66.8 Å². The van der Waals surface area contributed by atoms with E-state index in [2.05, 4.69) is 6.58 Å². The van der Waals surface area contributed by atoms with E-state index in [4.69, 9.17) is 0 Å². The number of aliphatic hydroxyl groups is 1. The van der Waals surface area contributed by atoms with Gasteiger partial charge in [-0.25, -0.2) is 4.39 Å². The van der Waals surface area contributed by atoms with Crippen molar-refractivity contribution in [2.45, 2.75) is 12.0 Å². The van der Waals surface area contributed by atoms with Crippen molar-refractivity contribution in [2.24, 2.45) is 0 Å². The smallest absolute Gasteiger partial charge is 0.296 e. The molecule has 8 heteroatoms. The largest absolute Gasteiger partial charge is 0.507 e. The number of hydrogen-bond donors (Lipinski definition) is 1. The molecule has 0 aromatic heterocycles. The van der Waals surface area contributed by atoms with Gasteiger partial charge in [0, 0.05) is 24.2 Å². The van der Waals surface area contributed by atoms with Crippen LogP contribution < -0.4 is 4.90 Å². The Morgan fingerprint density at radius 3 is 2.44 bits per heavy atom. The predicted octanol–water partition coefficient (Wildman–Crippen LogP) is 2.89. The Hall–Kier alpha value is -3.78. The van der Waals surface area contributed by atoms with Crippen molar-refractivity contribution >= 4 is 29.0 Å². The molecule has 2 aliphatic heterocycles. The molecule has 7 nitrogen and oxygen atoms in total. The second-order valence-corrected chi connectivity index (χ2v) is 8.61. The normalized spacial score (nSPS) is 21.1. The zero-order valence-electron chi connectivity index (χ0n) is 19.1. The Morgan fingerprint density at radius 1 is 1.12 bits per heavy atom. The molecule has 1 fully saturated rings. The molecule has 176 valence electrons. The number of hydrogen-bond acceptors (Lipinski definition) is 5. The van der Waals surface area contributed by atoms with Gasteiger partial charge in [0.25, 0.3) is 17.6 Å². The highest BCUT2D eigenvalue weighted by Gasteiger charge is 2.66. The van der Waals surface area contributed by atoms with Crippen molar-refractivity contribution in [1.29, 1.82) is 0 Å². The van der Waals surface area contributed by atoms with Crippen LogP contribution in [0.1, 0.15) is 17.5 Å². The van der Waals surface area contributed by atoms with Gasteiger partial charge in [-0.15, -0.1) is 6.58 Å². The SMILES string of the molecule is C=CCN1C(=O)C2(/C(=C(\O)c3ccc(F)cc3)C(=O)C(=O)N2CCCN(C)C)c2ccccc21. The van der Waals surface area contributed by atoms with Gasteiger partial charge in [0.2, 0.25) is 0 Å². The lowest BCUT2D eigenvalue weighted by atomic mass is 9.82. The quantitative estimate of drug-likeness (QED) is 0.296. The van der Waals surface area contributed by atoms with Crippen LogP contribution in [-0.2, 0) is 19.9 Å². The molecule has 1 unspecified atom stereocenters. The Morgan fingerprint density at radius 2 is 1.79 bits per heavy atom. The Labute approximate surface area is 197 Å². The van der Waals surface area contributed by atoms with Crippen molar-refractivity contribution in [3.63, 3.8) is 0 Å². The first-order valence-electron chi connectivity index (χ1n) is 11.0. The zero-order valence-corrected chi connectivity index (χ0v) is 19.1. The number of halogens is 1. The van der Waals surface area contributed by atoms with Crippen LogP contribution in [0.5, 0.6) is 0 Å². The molecular weight excluding hydrogens is 437 g/mol. The second-order valence-electron chi connectivity index (χ2n) is 8.61. The molecule has 0 saturated carbocycles. The number of benzene rings is 2. The molecule has 0 aliphatic carbocycles. The highest BCUT2D eigenvalue weighted by molar-refractivity contribution is 6.50. The number of carbonyl (C=O) groups excluding carboxylic acids is 3. The van der Waals surface area contributed by atoms with Gasteiger partial charge in [-0.2, -0.15) is 0 Å². The van der Waals surface area contributed by atoms with Crippen molar-refractivity contribution in [3.05, 3.63) is 83.7 Å². The second kappa shape index (κ2) is 8.87. The van der Waals surface area contributed by atoms with E-state index in [9.17, 15) is 23.9 Å². The third kappa shape index (κ3) is 3.42. The van der Waals surface area contributed by atoms with E-state index in [1.54, 1.807) is 30.3 Å². The van der Waals surface area contributed by atoms with Crippen LogP contribution in [0.25, 0.3) is 5.76 Å². The van der Waals surface area contributed by atoms with E-state index in [-0.39, 0.29) is 24.2 Å². The predicted molar refractivity (Wildman–Crippen MR) is 127 cm³/mol. The molecule has 1 atom stereocenters. The first-order valence-corrected chi connectivity index (χ1v) is 11.0. The van der Waals surface area contributed by atoms with Gasteiger partial charge in [-0.3, -0.25) is 14.4 Å². The van der Waals surface area contributed by atoms with Gasteiger partial charge in [0.1, 0.15) is 11.6 Å². The van der Waals surface area contributed by atoms with Crippen LogP contribution >= 0.6 is 0 Å². The molecule has 34 heavy (non-hydrogen) atoms. The molecule has 1 N–H and O–H groups in total. The minimum absolute atomic E-state index is 0.130. The average Bonchev–Trinajstić information content (AvgIpc) is 3.18. The highest BCUT2D eigenvalue weighted by atomic mass is 19.1. The molecule has 2 aromatic carbocycles. The fourth-order valence-corrected chi connectivity index (χ4v) is 4.77. The number of likely N-dealkylation sites (tertiary alicyclic amines) is 1. The summed E-state index contributed by atoms with van der Waals surface area (Å²) < 4.78 is 13.5. The maximum atomic E-state index is 14.1. The lowest BCUT2D eigenvalue weighted by Gasteiger charge is -2.34. The number of rotatable bonds is 7. The Kier molecular flexibility index (Phi) is 6.10. The molecule has 1 saturated heterocycles. The lowest BCUT2D eigenvalue weighted by molar-refractivity contribution is -0.143. The fraction of sp³-hybridized carbons (Fsp3) is 0.269. The number of anilines is 1. The summed E-state index contributed by atoms with van der Waals surface area (Å²) in [7, 11) is 3.78. The Balaban J connectivity index is 2.00. The lowest BCUT2D eigenvalue weighted by Crippen LogP contribution is -2.52. The maximum Gasteiger partial charge on any atom is 0.296 e. The molecule has 1 spiro atoms. The maximum absolute atomic E-state index is 14.1. The highest BCUT2D eigenvalue weighted by Crippen LogP contribution is 2.53. The van der Waals surface area contributed by atoms with Crippen LogP contribution in [0.4, 0.5) is 10.1 Å². The molecule has 2 aromatic rings. The van der Waals surface area contributed by atoms with Gasteiger partial charge >= 0.3 is 0 Å². The molecule has 4 rings (SSSR count). The van der Waals surface area contributed by atoms with Gasteiger partial charge < -0.3 is 19.8 Å². The van der Waals surface area contributed by atoms with Crippen molar-refractivity contribution in [2.75, 3.05) is 38.6 Å². The van der Waals surface area contributed by atoms with E-state index < -0.39 is 34.7 Å². The first kappa shape index (κ1) is 23.4. The van der Waals surface area contributed by atoms with Gasteiger partial charge in [0.05, 0.1) is 11.3 Å². The summed E-state index contributed by atoms with van der Waals surface area (Å²) >= 11 is 0. The van der Waals surface area contributed by atoms with Crippen LogP contribution in [0.2, 0.25) is 0 Å². The van der Waals surface area contributed by atoms with Crippen LogP contribution in [0.3, 0.4) is 0 Å².